The molecule has 21 heavy (non-hydrogen) atoms. The van der Waals surface area contributed by atoms with Crippen molar-refractivity contribution >= 4 is 29.2 Å². The van der Waals surface area contributed by atoms with E-state index in [0.29, 0.717) is 18.5 Å². The van der Waals surface area contributed by atoms with Crippen LogP contribution in [0.15, 0.2) is 11.4 Å². The Hall–Kier alpha value is -2.09. The topological polar surface area (TPSA) is 113 Å². The average Bonchev–Trinajstić information content (AvgIpc) is 2.83. The SMILES string of the molecule is CC(CC(N)=O)NC(=O)N1CCc2sccc2C1C(=O)O. The number of amides is 3. The van der Waals surface area contributed by atoms with Crippen LogP contribution in [0.5, 0.6) is 0 Å². The Labute approximate surface area is 125 Å². The van der Waals surface area contributed by atoms with Crippen molar-refractivity contribution in [3.8, 4) is 0 Å². The summed E-state index contributed by atoms with van der Waals surface area (Å²) in [6.45, 7) is 1.98. The van der Waals surface area contributed by atoms with E-state index in [0.717, 1.165) is 4.88 Å². The number of carbonyl (C=O) groups excluding carboxylic acids is 2. The van der Waals surface area contributed by atoms with E-state index in [9.17, 15) is 19.5 Å². The van der Waals surface area contributed by atoms with Gasteiger partial charge >= 0.3 is 12.0 Å². The number of nitrogens with two attached hydrogens (primary N) is 1. The monoisotopic (exact) mass is 311 g/mol. The lowest BCUT2D eigenvalue weighted by atomic mass is 10.0. The summed E-state index contributed by atoms with van der Waals surface area (Å²) < 4.78 is 0. The van der Waals surface area contributed by atoms with Crippen molar-refractivity contribution in [2.45, 2.75) is 31.8 Å². The fraction of sp³-hybridized carbons (Fsp3) is 0.462. The molecule has 0 saturated carbocycles. The lowest BCUT2D eigenvalue weighted by Gasteiger charge is -2.33. The Balaban J connectivity index is 2.13. The minimum Gasteiger partial charge on any atom is -0.479 e. The second-order valence-electron chi connectivity index (χ2n) is 5.00. The first kappa shape index (κ1) is 15.3. The van der Waals surface area contributed by atoms with Gasteiger partial charge in [-0.2, -0.15) is 0 Å². The maximum Gasteiger partial charge on any atom is 0.331 e. The smallest absolute Gasteiger partial charge is 0.331 e. The number of fused-ring (bicyclic) bond motifs is 1. The van der Waals surface area contributed by atoms with Gasteiger partial charge in [-0.05, 0) is 30.4 Å². The predicted octanol–water partition coefficient (Wildman–Crippen LogP) is 0.705. The van der Waals surface area contributed by atoms with Crippen LogP contribution in [0.2, 0.25) is 0 Å². The summed E-state index contributed by atoms with van der Waals surface area (Å²) >= 11 is 1.50. The number of hydrogen-bond donors (Lipinski definition) is 3. The van der Waals surface area contributed by atoms with Crippen LogP contribution in [-0.4, -0.2) is 40.5 Å². The Kier molecular flexibility index (Phi) is 4.46. The molecule has 0 bridgehead atoms. The maximum absolute atomic E-state index is 12.2. The first-order valence-corrected chi connectivity index (χ1v) is 7.42. The lowest BCUT2D eigenvalue weighted by Crippen LogP contribution is -2.50. The molecule has 0 spiro atoms. The van der Waals surface area contributed by atoms with Gasteiger partial charge in [-0.3, -0.25) is 4.79 Å². The average molecular weight is 311 g/mol. The zero-order valence-corrected chi connectivity index (χ0v) is 12.4. The number of hydrogen-bond acceptors (Lipinski definition) is 4. The molecular weight excluding hydrogens is 294 g/mol. The zero-order valence-electron chi connectivity index (χ0n) is 11.5. The molecule has 7 nitrogen and oxygen atoms in total. The highest BCUT2D eigenvalue weighted by atomic mass is 32.1. The minimum absolute atomic E-state index is 0.0149. The Morgan fingerprint density at radius 2 is 2.29 bits per heavy atom. The van der Waals surface area contributed by atoms with E-state index in [1.54, 1.807) is 13.0 Å². The summed E-state index contributed by atoms with van der Waals surface area (Å²) in [4.78, 5) is 36.9. The van der Waals surface area contributed by atoms with Gasteiger partial charge in [0.1, 0.15) is 0 Å². The number of aliphatic carboxylic acids is 1. The predicted molar refractivity (Wildman–Crippen MR) is 76.9 cm³/mol. The number of carboxylic acid groups (broad SMARTS) is 1. The molecule has 1 aliphatic rings. The van der Waals surface area contributed by atoms with Gasteiger partial charge in [0.2, 0.25) is 5.91 Å². The highest BCUT2D eigenvalue weighted by Gasteiger charge is 2.36. The zero-order chi connectivity index (χ0) is 15.6. The molecule has 1 aromatic heterocycles. The van der Waals surface area contributed by atoms with Gasteiger partial charge in [0, 0.05) is 23.9 Å². The van der Waals surface area contributed by atoms with Crippen LogP contribution in [0.25, 0.3) is 0 Å². The quantitative estimate of drug-likeness (QED) is 0.759. The van der Waals surface area contributed by atoms with E-state index in [1.165, 1.54) is 16.2 Å². The third-order valence-corrected chi connectivity index (χ3v) is 4.33. The van der Waals surface area contributed by atoms with Crippen LogP contribution >= 0.6 is 11.3 Å². The van der Waals surface area contributed by atoms with Crippen molar-refractivity contribution in [2.75, 3.05) is 6.54 Å². The van der Waals surface area contributed by atoms with Crippen molar-refractivity contribution in [3.63, 3.8) is 0 Å². The first-order chi connectivity index (χ1) is 9.90. The third-order valence-electron chi connectivity index (χ3n) is 3.34. The lowest BCUT2D eigenvalue weighted by molar-refractivity contribution is -0.142. The number of carboxylic acids is 1. The summed E-state index contributed by atoms with van der Waals surface area (Å²) in [5.74, 6) is -1.58. The Bertz CT molecular complexity index is 572. The number of carbonyl (C=O) groups is 3. The van der Waals surface area contributed by atoms with Crippen LogP contribution in [0, 0.1) is 0 Å². The van der Waals surface area contributed by atoms with Crippen molar-refractivity contribution in [1.29, 1.82) is 0 Å². The molecule has 2 rings (SSSR count). The molecule has 0 radical (unpaired) electrons. The van der Waals surface area contributed by atoms with Crippen molar-refractivity contribution < 1.29 is 19.5 Å². The molecule has 1 aliphatic heterocycles. The van der Waals surface area contributed by atoms with Crippen LogP contribution in [0.3, 0.4) is 0 Å². The summed E-state index contributed by atoms with van der Waals surface area (Å²) in [7, 11) is 0. The van der Waals surface area contributed by atoms with Crippen LogP contribution in [0.4, 0.5) is 4.79 Å². The van der Waals surface area contributed by atoms with Gasteiger partial charge < -0.3 is 21.1 Å². The molecule has 3 amide bonds. The summed E-state index contributed by atoms with van der Waals surface area (Å²) in [6.07, 6.45) is 0.648. The highest BCUT2D eigenvalue weighted by Crippen LogP contribution is 2.33. The van der Waals surface area contributed by atoms with Crippen LogP contribution in [-0.2, 0) is 16.0 Å². The number of rotatable bonds is 4. The molecule has 0 aliphatic carbocycles. The molecule has 4 N–H and O–H groups in total. The molecule has 8 heteroatoms. The van der Waals surface area contributed by atoms with Crippen molar-refractivity contribution in [3.05, 3.63) is 21.9 Å². The van der Waals surface area contributed by atoms with E-state index >= 15 is 0 Å². The number of urea groups is 1. The van der Waals surface area contributed by atoms with Gasteiger partial charge in [0.15, 0.2) is 6.04 Å². The Morgan fingerprint density at radius 1 is 1.57 bits per heavy atom. The molecule has 2 heterocycles. The number of thiophene rings is 1. The van der Waals surface area contributed by atoms with Gasteiger partial charge in [-0.1, -0.05) is 0 Å². The van der Waals surface area contributed by atoms with E-state index in [-0.39, 0.29) is 6.42 Å². The molecule has 0 aromatic carbocycles. The number of nitrogens with one attached hydrogen (secondary N) is 1. The molecule has 2 unspecified atom stereocenters. The molecule has 0 saturated heterocycles. The third kappa shape index (κ3) is 3.33. The summed E-state index contributed by atoms with van der Waals surface area (Å²) in [5.41, 5.74) is 5.74. The number of primary amides is 1. The van der Waals surface area contributed by atoms with Gasteiger partial charge in [0.05, 0.1) is 0 Å². The normalized spacial score (nSPS) is 18.7. The molecule has 0 fully saturated rings. The minimum atomic E-state index is -1.06. The summed E-state index contributed by atoms with van der Waals surface area (Å²) in [5, 5.41) is 13.9. The van der Waals surface area contributed by atoms with Crippen molar-refractivity contribution in [2.24, 2.45) is 5.73 Å². The van der Waals surface area contributed by atoms with E-state index in [4.69, 9.17) is 5.73 Å². The fourth-order valence-electron chi connectivity index (χ4n) is 2.45. The van der Waals surface area contributed by atoms with E-state index in [2.05, 4.69) is 5.32 Å². The largest absolute Gasteiger partial charge is 0.479 e. The molecular formula is C13H17N3O4S. The highest BCUT2D eigenvalue weighted by molar-refractivity contribution is 7.10. The van der Waals surface area contributed by atoms with Gasteiger partial charge in [0.25, 0.3) is 0 Å². The summed E-state index contributed by atoms with van der Waals surface area (Å²) in [6, 6.07) is -0.174. The molecule has 1 aromatic rings. The second-order valence-corrected chi connectivity index (χ2v) is 6.00. The number of nitrogens with zero attached hydrogens (tertiary/aromatic N) is 1. The fourth-order valence-corrected chi connectivity index (χ4v) is 3.35. The van der Waals surface area contributed by atoms with Gasteiger partial charge in [-0.15, -0.1) is 11.3 Å². The second kappa shape index (κ2) is 6.13. The molecule has 2 atom stereocenters. The standard InChI is InChI=1S/C13H17N3O4S/c1-7(6-10(14)17)15-13(20)16-4-2-9-8(3-5-21-9)11(16)12(18)19/h3,5,7,11H,2,4,6H2,1H3,(H2,14,17)(H,15,20)(H,18,19). The maximum atomic E-state index is 12.2. The van der Waals surface area contributed by atoms with Crippen molar-refractivity contribution in [1.82, 2.24) is 10.2 Å². The van der Waals surface area contributed by atoms with Crippen LogP contribution in [0.1, 0.15) is 29.8 Å². The van der Waals surface area contributed by atoms with Gasteiger partial charge in [-0.25, -0.2) is 9.59 Å². The van der Waals surface area contributed by atoms with E-state index < -0.39 is 30.0 Å². The van der Waals surface area contributed by atoms with E-state index in [1.807, 2.05) is 5.38 Å². The Morgan fingerprint density at radius 3 is 2.90 bits per heavy atom. The van der Waals surface area contributed by atoms with Crippen LogP contribution < -0.4 is 11.1 Å². The molecule has 114 valence electrons. The first-order valence-electron chi connectivity index (χ1n) is 6.54.